The molecule has 2 heterocycles. The minimum atomic E-state index is -3.88. The number of rotatable bonds is 6. The van der Waals surface area contributed by atoms with Gasteiger partial charge < -0.3 is 9.47 Å². The number of sulfonamides is 1. The summed E-state index contributed by atoms with van der Waals surface area (Å²) >= 11 is 0. The lowest BCUT2D eigenvalue weighted by Gasteiger charge is -2.36. The van der Waals surface area contributed by atoms with Crippen LogP contribution < -0.4 is 0 Å². The van der Waals surface area contributed by atoms with Crippen molar-refractivity contribution in [3.63, 3.8) is 0 Å². The van der Waals surface area contributed by atoms with Crippen LogP contribution in [0.3, 0.4) is 0 Å². The van der Waals surface area contributed by atoms with Crippen LogP contribution in [0.5, 0.6) is 0 Å². The lowest BCUT2D eigenvalue weighted by atomic mass is 10.0. The predicted octanol–water partition coefficient (Wildman–Crippen LogP) is 2.85. The monoisotopic (exact) mass is 476 g/mol. The average Bonchev–Trinajstić information content (AvgIpc) is 3.21. The van der Waals surface area contributed by atoms with E-state index in [2.05, 4.69) is 0 Å². The van der Waals surface area contributed by atoms with Crippen LogP contribution in [0.25, 0.3) is 0 Å². The summed E-state index contributed by atoms with van der Waals surface area (Å²) in [5.74, 6) is -1.18. The predicted molar refractivity (Wildman–Crippen MR) is 116 cm³/mol. The number of halogens is 1. The molecule has 8 nitrogen and oxygen atoms in total. The third kappa shape index (κ3) is 4.86. The smallest absolute Gasteiger partial charge is 0.410 e. The maximum Gasteiger partial charge on any atom is 0.410 e. The van der Waals surface area contributed by atoms with Gasteiger partial charge in [-0.15, -0.1) is 0 Å². The van der Waals surface area contributed by atoms with E-state index in [0.29, 0.717) is 18.4 Å². The van der Waals surface area contributed by atoms with Crippen molar-refractivity contribution in [2.45, 2.75) is 43.4 Å². The van der Waals surface area contributed by atoms with Gasteiger partial charge in [0, 0.05) is 19.1 Å². The molecular weight excluding hydrogens is 451 g/mol. The molecule has 0 unspecified atom stereocenters. The molecule has 10 heteroatoms. The fourth-order valence-corrected chi connectivity index (χ4v) is 5.90. The topological polar surface area (TPSA) is 93.2 Å². The van der Waals surface area contributed by atoms with E-state index < -0.39 is 33.9 Å². The normalized spacial score (nSPS) is 20.0. The van der Waals surface area contributed by atoms with Gasteiger partial charge in [0.2, 0.25) is 10.0 Å². The first-order valence-corrected chi connectivity index (χ1v) is 12.1. The Labute approximate surface area is 191 Å². The number of carbonyl (C=O) groups is 2. The van der Waals surface area contributed by atoms with Crippen LogP contribution >= 0.6 is 0 Å². The number of hydrogen-bond acceptors (Lipinski definition) is 6. The molecule has 0 saturated carbocycles. The van der Waals surface area contributed by atoms with Crippen molar-refractivity contribution in [1.29, 1.82) is 0 Å². The van der Waals surface area contributed by atoms with E-state index in [-0.39, 0.29) is 37.2 Å². The summed E-state index contributed by atoms with van der Waals surface area (Å²) in [5.41, 5.74) is 1.29. The van der Waals surface area contributed by atoms with Crippen molar-refractivity contribution in [2.24, 2.45) is 0 Å². The van der Waals surface area contributed by atoms with Gasteiger partial charge in [0.05, 0.1) is 4.90 Å². The minimum absolute atomic E-state index is 0.0658. The maximum absolute atomic E-state index is 13.7. The molecule has 0 aromatic heterocycles. The Bertz CT molecular complexity index is 1130. The van der Waals surface area contributed by atoms with Crippen LogP contribution in [0, 0.1) is 12.7 Å². The molecule has 1 amide bonds. The van der Waals surface area contributed by atoms with Gasteiger partial charge in [0.25, 0.3) is 0 Å². The second-order valence-corrected chi connectivity index (χ2v) is 10.0. The van der Waals surface area contributed by atoms with Crippen LogP contribution in [0.15, 0.2) is 53.4 Å². The van der Waals surface area contributed by atoms with E-state index in [4.69, 9.17) is 9.47 Å². The molecule has 2 saturated heterocycles. The maximum atomic E-state index is 13.7. The highest BCUT2D eigenvalue weighted by Gasteiger charge is 2.45. The van der Waals surface area contributed by atoms with Crippen molar-refractivity contribution in [3.05, 3.63) is 65.5 Å². The number of nitrogens with zero attached hydrogens (tertiary/aromatic N) is 2. The van der Waals surface area contributed by atoms with E-state index in [1.807, 2.05) is 30.3 Å². The fraction of sp³-hybridized carbons (Fsp3) is 0.391. The number of ether oxygens (including phenoxy) is 2. The Morgan fingerprint density at radius 3 is 2.55 bits per heavy atom. The Kier molecular flexibility index (Phi) is 6.66. The first-order chi connectivity index (χ1) is 15.8. The Hall–Kier alpha value is -2.98. The number of hydrogen-bond donors (Lipinski definition) is 0. The molecule has 2 aromatic carbocycles. The molecule has 2 aromatic rings. The average molecular weight is 477 g/mol. The van der Waals surface area contributed by atoms with Gasteiger partial charge in [-0.3, -0.25) is 4.90 Å². The van der Waals surface area contributed by atoms with Gasteiger partial charge >= 0.3 is 12.1 Å². The molecule has 4 rings (SSSR count). The summed E-state index contributed by atoms with van der Waals surface area (Å²) in [4.78, 5) is 26.3. The van der Waals surface area contributed by atoms with Crippen LogP contribution in [0.1, 0.15) is 24.0 Å². The summed E-state index contributed by atoms with van der Waals surface area (Å²) in [6.07, 6.45) is 0.0370. The summed E-state index contributed by atoms with van der Waals surface area (Å²) < 4.78 is 51.5. The number of carbonyl (C=O) groups excluding carboxylic acids is 2. The number of aryl methyl sites for hydroxylation is 1. The fourth-order valence-electron chi connectivity index (χ4n) is 4.19. The first-order valence-electron chi connectivity index (χ1n) is 10.7. The molecule has 2 aliphatic heterocycles. The molecular formula is C23H25FN2O6S. The standard InChI is InChI=1S/C23H25FN2O6S/c1-16-7-8-18(24)13-21(16)33(29,30)25-11-9-19(10-12-25)26-20(15-32-23(26)28)22(27)31-14-17-5-3-2-4-6-17/h2-8,13,19-20H,9-12,14-15H2,1H3/t20-/m0/s1. The van der Waals surface area contributed by atoms with Gasteiger partial charge in [-0.2, -0.15) is 4.31 Å². The van der Waals surface area contributed by atoms with Crippen molar-refractivity contribution >= 4 is 22.1 Å². The number of esters is 1. The third-order valence-electron chi connectivity index (χ3n) is 5.99. The molecule has 2 fully saturated rings. The lowest BCUT2D eigenvalue weighted by molar-refractivity contribution is -0.150. The molecule has 0 radical (unpaired) electrons. The minimum Gasteiger partial charge on any atom is -0.459 e. The zero-order chi connectivity index (χ0) is 23.6. The van der Waals surface area contributed by atoms with Gasteiger partial charge in [-0.1, -0.05) is 36.4 Å². The molecule has 2 aliphatic rings. The van der Waals surface area contributed by atoms with Crippen molar-refractivity contribution < 1.29 is 31.9 Å². The Morgan fingerprint density at radius 2 is 1.85 bits per heavy atom. The molecule has 0 spiro atoms. The number of amides is 1. The second kappa shape index (κ2) is 9.48. The van der Waals surface area contributed by atoms with E-state index in [1.54, 1.807) is 6.92 Å². The SMILES string of the molecule is Cc1ccc(F)cc1S(=O)(=O)N1CCC(N2C(=O)OC[C@H]2C(=O)OCc2ccccc2)CC1. The van der Waals surface area contributed by atoms with Gasteiger partial charge in [-0.25, -0.2) is 22.4 Å². The highest BCUT2D eigenvalue weighted by atomic mass is 32.2. The zero-order valence-corrected chi connectivity index (χ0v) is 19.0. The number of cyclic esters (lactones) is 1. The second-order valence-electron chi connectivity index (χ2n) is 8.14. The highest BCUT2D eigenvalue weighted by Crippen LogP contribution is 2.29. The van der Waals surface area contributed by atoms with E-state index in [0.717, 1.165) is 11.6 Å². The van der Waals surface area contributed by atoms with Crippen molar-refractivity contribution in [2.75, 3.05) is 19.7 Å². The third-order valence-corrected chi connectivity index (χ3v) is 8.03. The first kappa shape index (κ1) is 23.2. The summed E-state index contributed by atoms with van der Waals surface area (Å²) in [5, 5.41) is 0. The van der Waals surface area contributed by atoms with E-state index in [1.165, 1.54) is 21.3 Å². The summed E-state index contributed by atoms with van der Waals surface area (Å²) in [6.45, 7) is 1.87. The molecule has 0 bridgehead atoms. The largest absolute Gasteiger partial charge is 0.459 e. The van der Waals surface area contributed by atoms with Crippen LogP contribution in [-0.2, 0) is 30.9 Å². The molecule has 1 atom stereocenters. The quantitative estimate of drug-likeness (QED) is 0.596. The lowest BCUT2D eigenvalue weighted by Crippen LogP contribution is -2.52. The summed E-state index contributed by atoms with van der Waals surface area (Å²) in [6, 6.07) is 11.6. The van der Waals surface area contributed by atoms with Crippen LogP contribution in [0.4, 0.5) is 9.18 Å². The molecule has 0 N–H and O–H groups in total. The molecule has 176 valence electrons. The summed E-state index contributed by atoms with van der Waals surface area (Å²) in [7, 11) is -3.88. The van der Waals surface area contributed by atoms with E-state index >= 15 is 0 Å². The van der Waals surface area contributed by atoms with Crippen LogP contribution in [0.2, 0.25) is 0 Å². The van der Waals surface area contributed by atoms with Crippen molar-refractivity contribution in [3.8, 4) is 0 Å². The van der Waals surface area contributed by atoms with Crippen molar-refractivity contribution in [1.82, 2.24) is 9.21 Å². The van der Waals surface area contributed by atoms with Gasteiger partial charge in [0.1, 0.15) is 19.0 Å². The van der Waals surface area contributed by atoms with Crippen LogP contribution in [-0.4, -0.2) is 61.5 Å². The molecule has 0 aliphatic carbocycles. The Morgan fingerprint density at radius 1 is 1.15 bits per heavy atom. The highest BCUT2D eigenvalue weighted by molar-refractivity contribution is 7.89. The zero-order valence-electron chi connectivity index (χ0n) is 18.1. The van der Waals surface area contributed by atoms with Gasteiger partial charge in [0.15, 0.2) is 6.04 Å². The van der Waals surface area contributed by atoms with E-state index in [9.17, 15) is 22.4 Å². The van der Waals surface area contributed by atoms with Gasteiger partial charge in [-0.05, 0) is 43.0 Å². The Balaban J connectivity index is 1.41. The molecule has 33 heavy (non-hydrogen) atoms. The number of piperidine rings is 1. The number of benzene rings is 2.